The number of unbranched alkanes of at least 4 members (excludes halogenated alkanes) is 3. The van der Waals surface area contributed by atoms with Crippen LogP contribution in [0.3, 0.4) is 0 Å². The van der Waals surface area contributed by atoms with Gasteiger partial charge in [0, 0.05) is 5.69 Å². The second kappa shape index (κ2) is 7.81. The van der Waals surface area contributed by atoms with Crippen LogP contribution in [0.15, 0.2) is 24.3 Å². The Morgan fingerprint density at radius 1 is 1.10 bits per heavy atom. The van der Waals surface area contributed by atoms with Crippen molar-refractivity contribution < 1.29 is 9.13 Å². The molecule has 2 aromatic rings. The number of H-pyrrole nitrogens is 1. The molecular formula is C17H23FN2O. The first-order valence-corrected chi connectivity index (χ1v) is 7.56. The van der Waals surface area contributed by atoms with Crippen molar-refractivity contribution in [3.05, 3.63) is 47.0 Å². The Hall–Kier alpha value is -1.84. The molecule has 0 radical (unpaired) electrons. The van der Waals surface area contributed by atoms with Crippen LogP contribution in [0.1, 0.15) is 42.6 Å². The number of nitrogens with zero attached hydrogens (tertiary/aromatic N) is 1. The first-order chi connectivity index (χ1) is 10.2. The molecular weight excluding hydrogens is 267 g/mol. The van der Waals surface area contributed by atoms with E-state index in [4.69, 9.17) is 4.74 Å². The van der Waals surface area contributed by atoms with Gasteiger partial charge in [-0.15, -0.1) is 0 Å². The van der Waals surface area contributed by atoms with Gasteiger partial charge in [0.05, 0.1) is 12.3 Å². The molecule has 0 bridgehead atoms. The summed E-state index contributed by atoms with van der Waals surface area (Å²) in [5, 5.41) is 7.22. The van der Waals surface area contributed by atoms with Gasteiger partial charge in [0.1, 0.15) is 0 Å². The van der Waals surface area contributed by atoms with Crippen LogP contribution >= 0.6 is 0 Å². The minimum Gasteiger partial charge on any atom is -0.491 e. The van der Waals surface area contributed by atoms with Gasteiger partial charge in [0.15, 0.2) is 11.6 Å². The lowest BCUT2D eigenvalue weighted by Gasteiger charge is -2.07. The van der Waals surface area contributed by atoms with Crippen molar-refractivity contribution in [3.63, 3.8) is 0 Å². The molecule has 2 rings (SSSR count). The summed E-state index contributed by atoms with van der Waals surface area (Å²) in [7, 11) is 0. The van der Waals surface area contributed by atoms with E-state index in [0.717, 1.165) is 37.8 Å². The van der Waals surface area contributed by atoms with Gasteiger partial charge in [0.25, 0.3) is 0 Å². The number of rotatable bonds is 8. The lowest BCUT2D eigenvalue weighted by molar-refractivity contribution is 0.290. The number of halogens is 1. The molecule has 0 saturated carbocycles. The van der Waals surface area contributed by atoms with Gasteiger partial charge in [-0.3, -0.25) is 5.10 Å². The van der Waals surface area contributed by atoms with E-state index < -0.39 is 0 Å². The number of hydrogen-bond acceptors (Lipinski definition) is 2. The standard InChI is InChI=1S/C17H23FN2O/c1-13-15(14(2)20-19-13)9-5-3-4-8-12-21-17-11-7-6-10-16(17)18/h6-7,10-11H,3-5,8-9,12H2,1-2H3,(H,19,20). The topological polar surface area (TPSA) is 37.9 Å². The molecule has 4 heteroatoms. The molecule has 1 aromatic carbocycles. The fraction of sp³-hybridized carbons (Fsp3) is 0.471. The SMILES string of the molecule is Cc1n[nH]c(C)c1CCCCCCOc1ccccc1F. The summed E-state index contributed by atoms with van der Waals surface area (Å²) >= 11 is 0. The first kappa shape index (κ1) is 15.5. The van der Waals surface area contributed by atoms with E-state index in [1.807, 2.05) is 6.92 Å². The van der Waals surface area contributed by atoms with E-state index in [1.54, 1.807) is 18.2 Å². The van der Waals surface area contributed by atoms with E-state index in [-0.39, 0.29) is 5.82 Å². The average molecular weight is 290 g/mol. The Morgan fingerprint density at radius 2 is 1.86 bits per heavy atom. The Morgan fingerprint density at radius 3 is 2.57 bits per heavy atom. The molecule has 0 aliphatic rings. The highest BCUT2D eigenvalue weighted by Crippen LogP contribution is 2.17. The van der Waals surface area contributed by atoms with E-state index in [1.165, 1.54) is 17.3 Å². The molecule has 0 spiro atoms. The zero-order chi connectivity index (χ0) is 15.1. The van der Waals surface area contributed by atoms with Gasteiger partial charge in [-0.2, -0.15) is 5.10 Å². The van der Waals surface area contributed by atoms with Crippen LogP contribution in [0.4, 0.5) is 4.39 Å². The molecule has 1 heterocycles. The van der Waals surface area contributed by atoms with E-state index in [9.17, 15) is 4.39 Å². The molecule has 0 unspecified atom stereocenters. The van der Waals surface area contributed by atoms with Crippen molar-refractivity contribution in [2.45, 2.75) is 46.0 Å². The van der Waals surface area contributed by atoms with Gasteiger partial charge in [-0.05, 0) is 50.8 Å². The normalized spacial score (nSPS) is 10.8. The van der Waals surface area contributed by atoms with Gasteiger partial charge in [-0.1, -0.05) is 25.0 Å². The fourth-order valence-corrected chi connectivity index (χ4v) is 2.44. The number of aromatic amines is 1. The third-order valence-corrected chi connectivity index (χ3v) is 3.70. The Balaban J connectivity index is 1.58. The van der Waals surface area contributed by atoms with Gasteiger partial charge in [0.2, 0.25) is 0 Å². The van der Waals surface area contributed by atoms with Crippen molar-refractivity contribution in [2.24, 2.45) is 0 Å². The second-order valence-electron chi connectivity index (χ2n) is 5.36. The summed E-state index contributed by atoms with van der Waals surface area (Å²) in [6.45, 7) is 4.68. The molecule has 21 heavy (non-hydrogen) atoms. The lowest BCUT2D eigenvalue weighted by Crippen LogP contribution is -1.99. The van der Waals surface area contributed by atoms with Crippen molar-refractivity contribution in [3.8, 4) is 5.75 Å². The smallest absolute Gasteiger partial charge is 0.165 e. The third-order valence-electron chi connectivity index (χ3n) is 3.70. The molecule has 0 fully saturated rings. The van der Waals surface area contributed by atoms with Crippen LogP contribution in [0.25, 0.3) is 0 Å². The Labute approximate surface area is 125 Å². The highest BCUT2D eigenvalue weighted by atomic mass is 19.1. The van der Waals surface area contributed by atoms with Crippen LogP contribution in [0, 0.1) is 19.7 Å². The van der Waals surface area contributed by atoms with Gasteiger partial charge in [-0.25, -0.2) is 4.39 Å². The quantitative estimate of drug-likeness (QED) is 0.734. The third kappa shape index (κ3) is 4.59. The van der Waals surface area contributed by atoms with Crippen LogP contribution < -0.4 is 4.74 Å². The number of para-hydroxylation sites is 1. The van der Waals surface area contributed by atoms with E-state index in [2.05, 4.69) is 17.1 Å². The average Bonchev–Trinajstić information content (AvgIpc) is 2.79. The first-order valence-electron chi connectivity index (χ1n) is 7.56. The monoisotopic (exact) mass is 290 g/mol. The predicted molar refractivity (Wildman–Crippen MR) is 82.1 cm³/mol. The fourth-order valence-electron chi connectivity index (χ4n) is 2.44. The van der Waals surface area contributed by atoms with Crippen molar-refractivity contribution in [1.29, 1.82) is 0 Å². The number of aryl methyl sites for hydroxylation is 2. The molecule has 114 valence electrons. The molecule has 0 atom stereocenters. The van der Waals surface area contributed by atoms with E-state index in [0.29, 0.717) is 12.4 Å². The Kier molecular flexibility index (Phi) is 5.78. The number of nitrogens with one attached hydrogen (secondary N) is 1. The maximum atomic E-state index is 13.3. The molecule has 0 aliphatic heterocycles. The molecule has 1 aromatic heterocycles. The predicted octanol–water partition coefficient (Wildman–Crippen LogP) is 4.35. The van der Waals surface area contributed by atoms with Crippen LogP contribution in [-0.4, -0.2) is 16.8 Å². The van der Waals surface area contributed by atoms with Crippen molar-refractivity contribution in [1.82, 2.24) is 10.2 Å². The molecule has 1 N–H and O–H groups in total. The summed E-state index contributed by atoms with van der Waals surface area (Å²) in [6.07, 6.45) is 5.44. The molecule has 0 saturated heterocycles. The lowest BCUT2D eigenvalue weighted by atomic mass is 10.0. The zero-order valence-corrected chi connectivity index (χ0v) is 12.8. The Bertz CT molecular complexity index is 546. The van der Waals surface area contributed by atoms with Crippen molar-refractivity contribution in [2.75, 3.05) is 6.61 Å². The van der Waals surface area contributed by atoms with Crippen LogP contribution in [0.2, 0.25) is 0 Å². The molecule has 0 aliphatic carbocycles. The highest BCUT2D eigenvalue weighted by molar-refractivity contribution is 5.23. The summed E-state index contributed by atoms with van der Waals surface area (Å²) < 4.78 is 18.8. The number of benzene rings is 1. The minimum atomic E-state index is -0.289. The highest BCUT2D eigenvalue weighted by Gasteiger charge is 2.05. The maximum absolute atomic E-state index is 13.3. The van der Waals surface area contributed by atoms with Gasteiger partial charge < -0.3 is 4.74 Å². The number of ether oxygens (including phenoxy) is 1. The second-order valence-corrected chi connectivity index (χ2v) is 5.36. The molecule has 3 nitrogen and oxygen atoms in total. The zero-order valence-electron chi connectivity index (χ0n) is 12.8. The number of aromatic nitrogens is 2. The number of hydrogen-bond donors (Lipinski definition) is 1. The summed E-state index contributed by atoms with van der Waals surface area (Å²) in [6, 6.07) is 6.54. The minimum absolute atomic E-state index is 0.289. The van der Waals surface area contributed by atoms with E-state index >= 15 is 0 Å². The van der Waals surface area contributed by atoms with Crippen LogP contribution in [0.5, 0.6) is 5.75 Å². The van der Waals surface area contributed by atoms with Crippen molar-refractivity contribution >= 4 is 0 Å². The maximum Gasteiger partial charge on any atom is 0.165 e. The largest absolute Gasteiger partial charge is 0.491 e. The summed E-state index contributed by atoms with van der Waals surface area (Å²) in [5.74, 6) is 0.0607. The summed E-state index contributed by atoms with van der Waals surface area (Å²) in [4.78, 5) is 0. The van der Waals surface area contributed by atoms with Gasteiger partial charge >= 0.3 is 0 Å². The summed E-state index contributed by atoms with van der Waals surface area (Å²) in [5.41, 5.74) is 3.63. The van der Waals surface area contributed by atoms with Crippen LogP contribution in [-0.2, 0) is 6.42 Å². The molecule has 0 amide bonds.